The zero-order valence-corrected chi connectivity index (χ0v) is 28.9. The lowest BCUT2D eigenvalue weighted by atomic mass is 9.92. The van der Waals surface area contributed by atoms with Crippen LogP contribution in [0.1, 0.15) is 82.7 Å². The standard InChI is InChI=1S/C36H42ClN5O4S/c1-5-6-7-8-9-13-23-46-28-19-21-29(22-20-28)47(44,45)31(25-15-11-10-12-16-25)35(43)38-27-18-14-17-26(24-27)33-39-34-30(37)32(36(2,3)4)40-42(34)41-33/h10-12,14-22,24,31,40H,5-9,13,23H2,1-4H3,(H,38,43). The molecule has 0 spiro atoms. The van der Waals surface area contributed by atoms with Gasteiger partial charge in [-0.25, -0.2) is 13.4 Å². The number of ether oxygens (including phenoxy) is 1. The largest absolute Gasteiger partial charge is 0.494 e. The molecule has 0 saturated heterocycles. The number of halogens is 1. The highest BCUT2D eigenvalue weighted by Gasteiger charge is 2.36. The summed E-state index contributed by atoms with van der Waals surface area (Å²) in [5.74, 6) is 0.316. The lowest BCUT2D eigenvalue weighted by Gasteiger charge is -2.19. The van der Waals surface area contributed by atoms with Crippen molar-refractivity contribution < 1.29 is 17.9 Å². The summed E-state index contributed by atoms with van der Waals surface area (Å²) in [7, 11) is -4.14. The van der Waals surface area contributed by atoms with Gasteiger partial charge < -0.3 is 10.1 Å². The lowest BCUT2D eigenvalue weighted by Crippen LogP contribution is -2.28. The van der Waals surface area contributed by atoms with Gasteiger partial charge in [0.1, 0.15) is 10.8 Å². The summed E-state index contributed by atoms with van der Waals surface area (Å²) < 4.78 is 35.4. The Morgan fingerprint density at radius 3 is 2.34 bits per heavy atom. The molecule has 1 unspecified atom stereocenters. The number of hydrogen-bond donors (Lipinski definition) is 2. The molecule has 3 aromatic carbocycles. The van der Waals surface area contributed by atoms with Crippen LogP contribution < -0.4 is 10.1 Å². The van der Waals surface area contributed by atoms with E-state index in [0.717, 1.165) is 18.5 Å². The van der Waals surface area contributed by atoms with E-state index >= 15 is 0 Å². The van der Waals surface area contributed by atoms with Crippen LogP contribution in [0.5, 0.6) is 5.75 Å². The van der Waals surface area contributed by atoms with E-state index in [0.29, 0.717) is 45.7 Å². The first-order valence-electron chi connectivity index (χ1n) is 16.1. The molecule has 47 heavy (non-hydrogen) atoms. The minimum atomic E-state index is -4.14. The molecule has 1 amide bonds. The molecule has 11 heteroatoms. The number of unbranched alkanes of at least 4 members (excludes halogenated alkanes) is 5. The van der Waals surface area contributed by atoms with Crippen LogP contribution in [-0.4, -0.2) is 40.7 Å². The van der Waals surface area contributed by atoms with E-state index in [9.17, 15) is 13.2 Å². The van der Waals surface area contributed by atoms with Crippen LogP contribution in [0.2, 0.25) is 5.02 Å². The van der Waals surface area contributed by atoms with Gasteiger partial charge in [-0.15, -0.1) is 5.10 Å². The van der Waals surface area contributed by atoms with E-state index in [1.54, 1.807) is 60.7 Å². The Labute approximate surface area is 281 Å². The molecule has 0 aliphatic heterocycles. The van der Waals surface area contributed by atoms with Gasteiger partial charge in [0.05, 0.1) is 17.2 Å². The zero-order valence-electron chi connectivity index (χ0n) is 27.3. The fraction of sp³-hybridized carbons (Fsp3) is 0.361. The van der Waals surface area contributed by atoms with Crippen LogP contribution in [0, 0.1) is 0 Å². The second-order valence-electron chi connectivity index (χ2n) is 12.7. The fourth-order valence-electron chi connectivity index (χ4n) is 5.40. The van der Waals surface area contributed by atoms with E-state index in [-0.39, 0.29) is 10.3 Å². The average Bonchev–Trinajstić information content (AvgIpc) is 3.61. The Morgan fingerprint density at radius 1 is 0.957 bits per heavy atom. The molecule has 0 aliphatic rings. The van der Waals surface area contributed by atoms with E-state index in [1.807, 2.05) is 26.8 Å². The lowest BCUT2D eigenvalue weighted by molar-refractivity contribution is -0.115. The SMILES string of the molecule is CCCCCCCCOc1ccc(S(=O)(=O)C(C(=O)Nc2cccc(-c3nc4c(Cl)c(C(C)(C)C)[nH]n4n3)c2)c2ccccc2)cc1. The number of sulfone groups is 1. The summed E-state index contributed by atoms with van der Waals surface area (Å²) in [6.45, 7) is 8.90. The zero-order chi connectivity index (χ0) is 33.6. The van der Waals surface area contributed by atoms with Gasteiger partial charge in [-0.3, -0.25) is 9.89 Å². The van der Waals surface area contributed by atoms with E-state index in [2.05, 4.69) is 27.4 Å². The maximum absolute atomic E-state index is 14.0. The molecular formula is C36H42ClN5O4S. The summed E-state index contributed by atoms with van der Waals surface area (Å²) in [6.07, 6.45) is 6.93. The van der Waals surface area contributed by atoms with Crippen molar-refractivity contribution in [3.05, 3.63) is 95.1 Å². The summed E-state index contributed by atoms with van der Waals surface area (Å²) in [5.41, 5.74) is 2.49. The van der Waals surface area contributed by atoms with Crippen molar-refractivity contribution in [2.45, 2.75) is 81.8 Å². The number of hydrogen-bond acceptors (Lipinski definition) is 6. The third-order valence-electron chi connectivity index (χ3n) is 7.95. The Hall–Kier alpha value is -4.15. The molecule has 0 bridgehead atoms. The van der Waals surface area contributed by atoms with Crippen molar-refractivity contribution in [1.29, 1.82) is 0 Å². The summed E-state index contributed by atoms with van der Waals surface area (Å²) in [6, 6.07) is 21.7. The first-order valence-corrected chi connectivity index (χ1v) is 18.0. The van der Waals surface area contributed by atoms with Crippen LogP contribution in [0.4, 0.5) is 5.69 Å². The summed E-state index contributed by atoms with van der Waals surface area (Å²) >= 11 is 6.61. The van der Waals surface area contributed by atoms with Gasteiger partial charge in [0.15, 0.2) is 26.6 Å². The van der Waals surface area contributed by atoms with Gasteiger partial charge in [-0.2, -0.15) is 4.63 Å². The number of benzene rings is 3. The Morgan fingerprint density at radius 2 is 1.66 bits per heavy atom. The maximum atomic E-state index is 14.0. The van der Waals surface area contributed by atoms with Crippen LogP contribution in [0.25, 0.3) is 17.0 Å². The molecule has 0 saturated carbocycles. The number of carbonyl (C=O) groups is 1. The highest BCUT2D eigenvalue weighted by molar-refractivity contribution is 7.92. The number of aromatic amines is 1. The molecule has 5 rings (SSSR count). The number of nitrogens with zero attached hydrogens (tertiary/aromatic N) is 3. The normalized spacial score (nSPS) is 12.7. The smallest absolute Gasteiger partial charge is 0.247 e. The van der Waals surface area contributed by atoms with Gasteiger partial charge >= 0.3 is 0 Å². The number of aromatic nitrogens is 4. The molecule has 248 valence electrons. The molecular weight excluding hydrogens is 634 g/mol. The molecule has 9 nitrogen and oxygen atoms in total. The van der Waals surface area contributed by atoms with Crippen molar-refractivity contribution in [1.82, 2.24) is 19.8 Å². The highest BCUT2D eigenvalue weighted by atomic mass is 35.5. The Balaban J connectivity index is 1.33. The van der Waals surface area contributed by atoms with Gasteiger partial charge in [0, 0.05) is 16.7 Å². The fourth-order valence-corrected chi connectivity index (χ4v) is 7.49. The molecule has 5 aromatic rings. The first kappa shape index (κ1) is 34.2. The van der Waals surface area contributed by atoms with E-state index in [4.69, 9.17) is 16.3 Å². The quantitative estimate of drug-likeness (QED) is 0.114. The Bertz CT molecular complexity index is 1910. The molecule has 0 radical (unpaired) electrons. The third-order valence-corrected chi connectivity index (χ3v) is 10.3. The summed E-state index contributed by atoms with van der Waals surface area (Å²) in [4.78, 5) is 18.5. The van der Waals surface area contributed by atoms with Crippen molar-refractivity contribution in [2.24, 2.45) is 0 Å². The number of nitrogens with one attached hydrogen (secondary N) is 2. The molecule has 1 atom stereocenters. The van der Waals surface area contributed by atoms with Gasteiger partial charge in [-0.1, -0.05) is 114 Å². The second-order valence-corrected chi connectivity index (χ2v) is 15.1. The number of amides is 1. The molecule has 0 fully saturated rings. The first-order chi connectivity index (χ1) is 22.5. The van der Waals surface area contributed by atoms with Crippen LogP contribution >= 0.6 is 11.6 Å². The number of rotatable bonds is 14. The predicted molar refractivity (Wildman–Crippen MR) is 187 cm³/mol. The minimum absolute atomic E-state index is 0.0333. The Kier molecular flexibility index (Phi) is 10.7. The maximum Gasteiger partial charge on any atom is 0.247 e. The molecule has 2 heterocycles. The van der Waals surface area contributed by atoms with Crippen LogP contribution in [-0.2, 0) is 20.0 Å². The molecule has 2 aromatic heterocycles. The van der Waals surface area contributed by atoms with Gasteiger partial charge in [-0.05, 0) is 48.4 Å². The summed E-state index contributed by atoms with van der Waals surface area (Å²) in [5, 5.41) is 9.58. The van der Waals surface area contributed by atoms with Gasteiger partial charge in [0.2, 0.25) is 5.91 Å². The van der Waals surface area contributed by atoms with Crippen molar-refractivity contribution in [3.8, 4) is 17.1 Å². The van der Waals surface area contributed by atoms with Crippen LogP contribution in [0.15, 0.2) is 83.8 Å². The van der Waals surface area contributed by atoms with Crippen molar-refractivity contribution in [2.75, 3.05) is 11.9 Å². The number of fused-ring (bicyclic) bond motifs is 1. The van der Waals surface area contributed by atoms with E-state index < -0.39 is 21.0 Å². The number of anilines is 1. The third kappa shape index (κ3) is 8.05. The highest BCUT2D eigenvalue weighted by Crippen LogP contribution is 2.34. The minimum Gasteiger partial charge on any atom is -0.494 e. The predicted octanol–water partition coefficient (Wildman–Crippen LogP) is 8.57. The van der Waals surface area contributed by atoms with Crippen molar-refractivity contribution in [3.63, 3.8) is 0 Å². The van der Waals surface area contributed by atoms with Crippen LogP contribution in [0.3, 0.4) is 0 Å². The van der Waals surface area contributed by atoms with Gasteiger partial charge in [0.25, 0.3) is 0 Å². The molecule has 0 aliphatic carbocycles. The average molecular weight is 676 g/mol. The van der Waals surface area contributed by atoms with Crippen molar-refractivity contribution >= 4 is 38.7 Å². The number of carbonyl (C=O) groups excluding carboxylic acids is 1. The van der Waals surface area contributed by atoms with E-state index in [1.165, 1.54) is 42.4 Å². The number of H-pyrrole nitrogens is 1. The second kappa shape index (κ2) is 14.7. The molecule has 2 N–H and O–H groups in total. The topological polar surface area (TPSA) is 118 Å². The monoisotopic (exact) mass is 675 g/mol.